The average Bonchev–Trinajstić information content (AvgIpc) is 2.42. The van der Waals surface area contributed by atoms with E-state index in [1.54, 1.807) is 11.3 Å². The first kappa shape index (κ1) is 15.2. The van der Waals surface area contributed by atoms with E-state index >= 15 is 0 Å². The Morgan fingerprint density at radius 1 is 1.19 bits per heavy atom. The van der Waals surface area contributed by atoms with Gasteiger partial charge in [0, 0.05) is 17.5 Å². The van der Waals surface area contributed by atoms with Crippen LogP contribution in [0.15, 0.2) is 12.0 Å². The summed E-state index contributed by atoms with van der Waals surface area (Å²) in [5, 5.41) is 0. The van der Waals surface area contributed by atoms with Crippen LogP contribution in [0.3, 0.4) is 0 Å². The van der Waals surface area contributed by atoms with Gasteiger partial charge >= 0.3 is 0 Å². The molecule has 92 valence electrons. The summed E-state index contributed by atoms with van der Waals surface area (Å²) in [5.41, 5.74) is 1.15. The van der Waals surface area contributed by atoms with E-state index in [9.17, 15) is 0 Å². The monoisotopic (exact) mass is 432 g/mol. The quantitative estimate of drug-likeness (QED) is 0.570. The van der Waals surface area contributed by atoms with Gasteiger partial charge in [0.05, 0.1) is 13.2 Å². The summed E-state index contributed by atoms with van der Waals surface area (Å²) in [6.45, 7) is 7.21. The predicted octanol–water partition coefficient (Wildman–Crippen LogP) is 5.78. The molecule has 5 heteroatoms. The zero-order valence-corrected chi connectivity index (χ0v) is 15.1. The zero-order valence-electron chi connectivity index (χ0n) is 9.57. The van der Waals surface area contributed by atoms with E-state index in [2.05, 4.69) is 68.6 Å². The Bertz CT molecular complexity index is 360. The molecule has 0 atom stereocenters. The summed E-state index contributed by atoms with van der Waals surface area (Å²) in [4.78, 5) is 0. The van der Waals surface area contributed by atoms with Gasteiger partial charge in [-0.1, -0.05) is 6.92 Å². The second kappa shape index (κ2) is 6.32. The molecular weight excluding hydrogens is 420 g/mol. The molecule has 0 saturated heterocycles. The molecule has 1 rings (SSSR count). The number of rotatable bonds is 5. The summed E-state index contributed by atoms with van der Waals surface area (Å²) in [6, 6.07) is 0. The number of halogens is 3. The molecule has 0 fully saturated rings. The van der Waals surface area contributed by atoms with Gasteiger partial charge in [-0.3, -0.25) is 0 Å². The first-order valence-corrected chi connectivity index (χ1v) is 8.33. The van der Waals surface area contributed by atoms with Crippen molar-refractivity contribution in [2.45, 2.75) is 39.2 Å². The van der Waals surface area contributed by atoms with Crippen LogP contribution < -0.4 is 0 Å². The molecule has 0 bridgehead atoms. The van der Waals surface area contributed by atoms with Crippen LogP contribution in [0.2, 0.25) is 0 Å². The van der Waals surface area contributed by atoms with Gasteiger partial charge in [-0.25, -0.2) is 0 Å². The maximum Gasteiger partial charge on any atom is 0.0855 e. The van der Waals surface area contributed by atoms with Crippen LogP contribution >= 0.6 is 59.1 Å². The van der Waals surface area contributed by atoms with Gasteiger partial charge in [-0.05, 0) is 73.6 Å². The van der Waals surface area contributed by atoms with E-state index in [1.807, 2.05) is 0 Å². The fraction of sp³-hybridized carbons (Fsp3) is 0.636. The lowest BCUT2D eigenvalue weighted by molar-refractivity contribution is -0.0166. The Morgan fingerprint density at radius 2 is 1.81 bits per heavy atom. The highest BCUT2D eigenvalue weighted by Crippen LogP contribution is 2.42. The average molecular weight is 435 g/mol. The van der Waals surface area contributed by atoms with Crippen molar-refractivity contribution in [2.24, 2.45) is 0 Å². The molecule has 0 saturated carbocycles. The van der Waals surface area contributed by atoms with E-state index in [0.29, 0.717) is 0 Å². The smallest absolute Gasteiger partial charge is 0.0855 e. The van der Waals surface area contributed by atoms with Gasteiger partial charge in [0.2, 0.25) is 0 Å². The lowest BCUT2D eigenvalue weighted by Gasteiger charge is -2.25. The number of ether oxygens (including phenoxy) is 1. The SMILES string of the molecule is CCCOC(C)(C)Cc1c(Br)sc(Br)c1Br. The third-order valence-electron chi connectivity index (χ3n) is 2.15. The van der Waals surface area contributed by atoms with E-state index in [0.717, 1.165) is 27.7 Å². The fourth-order valence-electron chi connectivity index (χ4n) is 1.39. The van der Waals surface area contributed by atoms with Crippen molar-refractivity contribution >= 4 is 59.1 Å². The van der Waals surface area contributed by atoms with Crippen LogP contribution in [0.1, 0.15) is 32.8 Å². The Morgan fingerprint density at radius 3 is 2.25 bits per heavy atom. The third kappa shape index (κ3) is 4.09. The lowest BCUT2D eigenvalue weighted by Crippen LogP contribution is -2.27. The minimum absolute atomic E-state index is 0.123. The van der Waals surface area contributed by atoms with Crippen molar-refractivity contribution < 1.29 is 4.74 Å². The molecule has 1 heterocycles. The van der Waals surface area contributed by atoms with Crippen LogP contribution in [-0.4, -0.2) is 12.2 Å². The van der Waals surface area contributed by atoms with Crippen molar-refractivity contribution in [3.8, 4) is 0 Å². The second-order valence-corrected chi connectivity index (χ2v) is 8.68. The summed E-state index contributed by atoms with van der Waals surface area (Å²) < 4.78 is 9.28. The molecule has 0 aliphatic rings. The summed E-state index contributed by atoms with van der Waals surface area (Å²) in [6.07, 6.45) is 1.95. The third-order valence-corrected chi connectivity index (χ3v) is 6.48. The van der Waals surface area contributed by atoms with Gasteiger partial charge in [-0.2, -0.15) is 0 Å². The first-order valence-electron chi connectivity index (χ1n) is 5.13. The maximum absolute atomic E-state index is 5.85. The van der Waals surface area contributed by atoms with Crippen molar-refractivity contribution in [1.82, 2.24) is 0 Å². The normalized spacial score (nSPS) is 12.1. The van der Waals surface area contributed by atoms with Crippen molar-refractivity contribution in [3.05, 3.63) is 17.6 Å². The highest BCUT2D eigenvalue weighted by atomic mass is 79.9. The van der Waals surface area contributed by atoms with Gasteiger partial charge in [0.15, 0.2) is 0 Å². The standard InChI is InChI=1S/C11H15Br3OS/c1-4-5-15-11(2,3)6-7-8(12)10(14)16-9(7)13/h4-6H2,1-3H3. The highest BCUT2D eigenvalue weighted by Gasteiger charge is 2.24. The van der Waals surface area contributed by atoms with Crippen LogP contribution in [-0.2, 0) is 11.2 Å². The Labute approximate surface area is 126 Å². The predicted molar refractivity (Wildman–Crippen MR) is 81.4 cm³/mol. The minimum atomic E-state index is -0.123. The topological polar surface area (TPSA) is 9.23 Å². The van der Waals surface area contributed by atoms with Crippen LogP contribution in [0.4, 0.5) is 0 Å². The fourth-order valence-corrected chi connectivity index (χ4v) is 5.24. The molecule has 0 aliphatic heterocycles. The summed E-state index contributed by atoms with van der Waals surface area (Å²) >= 11 is 12.4. The molecule has 0 spiro atoms. The largest absolute Gasteiger partial charge is 0.375 e. The molecule has 0 amide bonds. The zero-order chi connectivity index (χ0) is 12.3. The molecule has 1 aromatic rings. The Hall–Kier alpha value is 1.10. The molecule has 1 aromatic heterocycles. The Balaban J connectivity index is 2.79. The Kier molecular flexibility index (Phi) is 5.99. The van der Waals surface area contributed by atoms with E-state index in [-0.39, 0.29) is 5.60 Å². The van der Waals surface area contributed by atoms with Gasteiger partial charge in [0.25, 0.3) is 0 Å². The van der Waals surface area contributed by atoms with Crippen LogP contribution in [0.5, 0.6) is 0 Å². The molecular formula is C11H15Br3OS. The maximum atomic E-state index is 5.85. The number of hydrogen-bond donors (Lipinski definition) is 0. The van der Waals surface area contributed by atoms with E-state index in [4.69, 9.17) is 4.74 Å². The summed E-state index contributed by atoms with van der Waals surface area (Å²) in [5.74, 6) is 0. The molecule has 0 aromatic carbocycles. The van der Waals surface area contributed by atoms with Crippen molar-refractivity contribution in [1.29, 1.82) is 0 Å². The van der Waals surface area contributed by atoms with Crippen molar-refractivity contribution in [2.75, 3.05) is 6.61 Å². The molecule has 16 heavy (non-hydrogen) atoms. The number of thiophene rings is 1. The summed E-state index contributed by atoms with van der Waals surface area (Å²) in [7, 11) is 0. The van der Waals surface area contributed by atoms with E-state index < -0.39 is 0 Å². The molecule has 0 N–H and O–H groups in total. The molecule has 1 nitrogen and oxygen atoms in total. The van der Waals surface area contributed by atoms with Crippen LogP contribution in [0, 0.1) is 0 Å². The van der Waals surface area contributed by atoms with Gasteiger partial charge < -0.3 is 4.74 Å². The minimum Gasteiger partial charge on any atom is -0.375 e. The lowest BCUT2D eigenvalue weighted by atomic mass is 10.0. The highest BCUT2D eigenvalue weighted by molar-refractivity contribution is 9.14. The first-order chi connectivity index (χ1) is 7.37. The van der Waals surface area contributed by atoms with Gasteiger partial charge in [0.1, 0.15) is 0 Å². The molecule has 0 aliphatic carbocycles. The van der Waals surface area contributed by atoms with E-state index in [1.165, 1.54) is 9.35 Å². The number of hydrogen-bond acceptors (Lipinski definition) is 2. The second-order valence-electron chi connectivity index (χ2n) is 4.23. The van der Waals surface area contributed by atoms with Gasteiger partial charge in [-0.15, -0.1) is 11.3 Å². The van der Waals surface area contributed by atoms with Crippen molar-refractivity contribution in [3.63, 3.8) is 0 Å². The van der Waals surface area contributed by atoms with Crippen LogP contribution in [0.25, 0.3) is 0 Å². The molecule has 0 radical (unpaired) electrons. The molecule has 0 unspecified atom stereocenters.